The number of carbonyl (C=O) groups is 1. The SMILES string of the molecule is COc1cccc(-n2nnc(C(=O)N(Cc3ccc(C#N)cc3)Cc3cccc(F)c3)c2C)c1. The lowest BCUT2D eigenvalue weighted by Gasteiger charge is -2.22. The highest BCUT2D eigenvalue weighted by atomic mass is 19.1. The van der Waals surface area contributed by atoms with Crippen molar-refractivity contribution in [3.05, 3.63) is 107 Å². The zero-order valence-corrected chi connectivity index (χ0v) is 18.8. The molecule has 0 N–H and O–H groups in total. The van der Waals surface area contributed by atoms with Crippen LogP contribution >= 0.6 is 0 Å². The summed E-state index contributed by atoms with van der Waals surface area (Å²) in [5.41, 5.74) is 3.51. The van der Waals surface area contributed by atoms with Gasteiger partial charge in [0.15, 0.2) is 5.69 Å². The Hall–Kier alpha value is -4.51. The molecular formula is C26H22FN5O2. The van der Waals surface area contributed by atoms with Crippen molar-refractivity contribution in [2.24, 2.45) is 0 Å². The van der Waals surface area contributed by atoms with E-state index < -0.39 is 0 Å². The number of aromatic nitrogens is 3. The molecule has 0 aliphatic rings. The third kappa shape index (κ3) is 4.94. The Bertz CT molecular complexity index is 1360. The van der Waals surface area contributed by atoms with Crippen molar-refractivity contribution in [3.63, 3.8) is 0 Å². The maximum atomic E-state index is 13.8. The lowest BCUT2D eigenvalue weighted by atomic mass is 10.1. The molecule has 3 aromatic carbocycles. The molecule has 7 nitrogen and oxygen atoms in total. The second-order valence-corrected chi connectivity index (χ2v) is 7.74. The number of nitrogens with zero attached hydrogens (tertiary/aromatic N) is 5. The van der Waals surface area contributed by atoms with E-state index in [2.05, 4.69) is 16.4 Å². The molecule has 0 unspecified atom stereocenters. The third-order valence-electron chi connectivity index (χ3n) is 5.40. The van der Waals surface area contributed by atoms with Crippen LogP contribution in [0.15, 0.2) is 72.8 Å². The molecule has 0 aliphatic carbocycles. The molecule has 0 saturated heterocycles. The first kappa shape index (κ1) is 22.7. The summed E-state index contributed by atoms with van der Waals surface area (Å²) in [6.07, 6.45) is 0. The van der Waals surface area contributed by atoms with E-state index in [1.165, 1.54) is 12.1 Å². The quantitative estimate of drug-likeness (QED) is 0.411. The van der Waals surface area contributed by atoms with Gasteiger partial charge in [-0.25, -0.2) is 9.07 Å². The van der Waals surface area contributed by atoms with E-state index in [1.807, 2.05) is 18.2 Å². The highest BCUT2D eigenvalue weighted by Crippen LogP contribution is 2.20. The number of benzene rings is 3. The van der Waals surface area contributed by atoms with Crippen LogP contribution in [0, 0.1) is 24.1 Å². The van der Waals surface area contributed by atoms with Gasteiger partial charge in [-0.2, -0.15) is 5.26 Å². The smallest absolute Gasteiger partial charge is 0.276 e. The van der Waals surface area contributed by atoms with Gasteiger partial charge < -0.3 is 9.64 Å². The van der Waals surface area contributed by atoms with Gasteiger partial charge in [-0.05, 0) is 54.4 Å². The van der Waals surface area contributed by atoms with Gasteiger partial charge >= 0.3 is 0 Å². The minimum absolute atomic E-state index is 0.183. The van der Waals surface area contributed by atoms with Crippen molar-refractivity contribution in [3.8, 4) is 17.5 Å². The van der Waals surface area contributed by atoms with Crippen LogP contribution in [0.4, 0.5) is 4.39 Å². The monoisotopic (exact) mass is 455 g/mol. The largest absolute Gasteiger partial charge is 0.497 e. The van der Waals surface area contributed by atoms with E-state index >= 15 is 0 Å². The number of rotatable bonds is 7. The van der Waals surface area contributed by atoms with Crippen LogP contribution in [0.5, 0.6) is 5.75 Å². The number of hydrogen-bond acceptors (Lipinski definition) is 5. The summed E-state index contributed by atoms with van der Waals surface area (Å²) >= 11 is 0. The normalized spacial score (nSPS) is 10.5. The Labute approximate surface area is 196 Å². The van der Waals surface area contributed by atoms with Crippen LogP contribution < -0.4 is 4.74 Å². The molecule has 0 atom stereocenters. The van der Waals surface area contributed by atoms with E-state index in [-0.39, 0.29) is 30.5 Å². The molecule has 0 fully saturated rings. The summed E-state index contributed by atoms with van der Waals surface area (Å²) < 4.78 is 20.7. The van der Waals surface area contributed by atoms with Crippen LogP contribution in [-0.2, 0) is 13.1 Å². The van der Waals surface area contributed by atoms with Crippen LogP contribution in [0.1, 0.15) is 32.9 Å². The van der Waals surface area contributed by atoms with Gasteiger partial charge in [0, 0.05) is 19.2 Å². The summed E-state index contributed by atoms with van der Waals surface area (Å²) in [4.78, 5) is 15.2. The molecule has 0 aliphatic heterocycles. The number of carbonyl (C=O) groups excluding carboxylic acids is 1. The highest BCUT2D eigenvalue weighted by molar-refractivity contribution is 5.93. The molecule has 0 radical (unpaired) electrons. The van der Waals surface area contributed by atoms with Crippen molar-refractivity contribution < 1.29 is 13.9 Å². The van der Waals surface area contributed by atoms with Gasteiger partial charge in [0.25, 0.3) is 5.91 Å². The molecule has 4 aromatic rings. The Morgan fingerprint density at radius 3 is 2.50 bits per heavy atom. The number of halogens is 1. The van der Waals surface area contributed by atoms with Gasteiger partial charge in [-0.3, -0.25) is 4.79 Å². The van der Waals surface area contributed by atoms with Crippen LogP contribution in [0.25, 0.3) is 5.69 Å². The second kappa shape index (κ2) is 9.96. The molecule has 1 amide bonds. The van der Waals surface area contributed by atoms with Crippen LogP contribution in [-0.4, -0.2) is 32.9 Å². The molecule has 1 aromatic heterocycles. The fourth-order valence-corrected chi connectivity index (χ4v) is 3.62. The van der Waals surface area contributed by atoms with Crippen molar-refractivity contribution in [1.29, 1.82) is 5.26 Å². The summed E-state index contributed by atoms with van der Waals surface area (Å²) in [7, 11) is 1.58. The minimum Gasteiger partial charge on any atom is -0.497 e. The van der Waals surface area contributed by atoms with Crippen molar-refractivity contribution in [2.75, 3.05) is 7.11 Å². The number of amides is 1. The molecule has 170 valence electrons. The van der Waals surface area contributed by atoms with Crippen molar-refractivity contribution >= 4 is 5.91 Å². The van der Waals surface area contributed by atoms with Crippen LogP contribution in [0.2, 0.25) is 0 Å². The molecule has 8 heteroatoms. The number of nitriles is 1. The predicted molar refractivity (Wildman–Crippen MR) is 124 cm³/mol. The maximum absolute atomic E-state index is 13.8. The van der Waals surface area contributed by atoms with E-state index in [9.17, 15) is 9.18 Å². The summed E-state index contributed by atoms with van der Waals surface area (Å²) in [6, 6.07) is 22.5. The molecular weight excluding hydrogens is 433 g/mol. The lowest BCUT2D eigenvalue weighted by Crippen LogP contribution is -2.31. The topological polar surface area (TPSA) is 84.0 Å². The first-order valence-corrected chi connectivity index (χ1v) is 10.6. The average molecular weight is 455 g/mol. The van der Waals surface area contributed by atoms with Gasteiger partial charge in [0.2, 0.25) is 0 Å². The predicted octanol–water partition coefficient (Wildman–Crippen LogP) is 4.44. The Kier molecular flexibility index (Phi) is 6.64. The van der Waals surface area contributed by atoms with E-state index in [4.69, 9.17) is 10.00 Å². The fourth-order valence-electron chi connectivity index (χ4n) is 3.62. The van der Waals surface area contributed by atoms with Crippen molar-refractivity contribution in [1.82, 2.24) is 19.9 Å². The molecule has 1 heterocycles. The lowest BCUT2D eigenvalue weighted by molar-refractivity contribution is 0.0723. The van der Waals surface area contributed by atoms with E-state index in [0.29, 0.717) is 28.3 Å². The van der Waals surface area contributed by atoms with Gasteiger partial charge in [0.1, 0.15) is 11.6 Å². The molecule has 4 rings (SSSR count). The van der Waals surface area contributed by atoms with Gasteiger partial charge in [0.05, 0.1) is 30.1 Å². The molecule has 34 heavy (non-hydrogen) atoms. The summed E-state index contributed by atoms with van der Waals surface area (Å²) in [5.74, 6) is -0.0440. The molecule has 0 saturated carbocycles. The van der Waals surface area contributed by atoms with E-state index in [1.54, 1.807) is 66.1 Å². The molecule has 0 bridgehead atoms. The zero-order valence-electron chi connectivity index (χ0n) is 18.8. The highest BCUT2D eigenvalue weighted by Gasteiger charge is 2.24. The fraction of sp³-hybridized carbons (Fsp3) is 0.154. The second-order valence-electron chi connectivity index (χ2n) is 7.74. The number of ether oxygens (including phenoxy) is 1. The van der Waals surface area contributed by atoms with Gasteiger partial charge in [-0.15, -0.1) is 5.10 Å². The standard InChI is InChI=1S/C26H22FN5O2/c1-18-25(29-30-32(18)23-7-4-8-24(14-23)34-2)26(33)31(17-21-5-3-6-22(27)13-21)16-20-11-9-19(15-28)10-12-20/h3-14H,16-17H2,1-2H3. The Morgan fingerprint density at radius 1 is 1.06 bits per heavy atom. The minimum atomic E-state index is -0.372. The Morgan fingerprint density at radius 2 is 1.79 bits per heavy atom. The van der Waals surface area contributed by atoms with Crippen LogP contribution in [0.3, 0.4) is 0 Å². The summed E-state index contributed by atoms with van der Waals surface area (Å²) in [5, 5.41) is 17.4. The zero-order chi connectivity index (χ0) is 24.1. The summed E-state index contributed by atoms with van der Waals surface area (Å²) in [6.45, 7) is 2.21. The Balaban J connectivity index is 1.66. The number of methoxy groups -OCH3 is 1. The maximum Gasteiger partial charge on any atom is 0.276 e. The first-order chi connectivity index (χ1) is 16.5. The third-order valence-corrected chi connectivity index (χ3v) is 5.40. The van der Waals surface area contributed by atoms with Crippen molar-refractivity contribution in [2.45, 2.75) is 20.0 Å². The first-order valence-electron chi connectivity index (χ1n) is 10.6. The van der Waals surface area contributed by atoms with E-state index in [0.717, 1.165) is 5.56 Å². The van der Waals surface area contributed by atoms with Gasteiger partial charge in [-0.1, -0.05) is 35.5 Å². The molecule has 0 spiro atoms. The average Bonchev–Trinajstić information content (AvgIpc) is 3.25. The number of hydrogen-bond donors (Lipinski definition) is 0.